The van der Waals surface area contributed by atoms with Crippen molar-refractivity contribution in [1.82, 2.24) is 0 Å². The first kappa shape index (κ1) is 27.3. The van der Waals surface area contributed by atoms with Crippen LogP contribution in [0.15, 0.2) is 47.6 Å². The van der Waals surface area contributed by atoms with Gasteiger partial charge in [0.2, 0.25) is 0 Å². The Morgan fingerprint density at radius 3 is 2.58 bits per heavy atom. The normalized spacial score (nSPS) is 44.2. The molecule has 2 bridgehead atoms. The average molecular weight is 531 g/mol. The van der Waals surface area contributed by atoms with Gasteiger partial charge >= 0.3 is 11.9 Å². The average Bonchev–Trinajstić information content (AvgIpc) is 3.63. The van der Waals surface area contributed by atoms with Gasteiger partial charge in [0.15, 0.2) is 0 Å². The lowest BCUT2D eigenvalue weighted by Crippen LogP contribution is -2.68. The molecule has 0 aromatic carbocycles. The molecule has 9 nitrogen and oxygen atoms in total. The van der Waals surface area contributed by atoms with Gasteiger partial charge < -0.3 is 33.9 Å². The summed E-state index contributed by atoms with van der Waals surface area (Å²) in [5, 5.41) is 21.0. The molecule has 1 saturated carbocycles. The van der Waals surface area contributed by atoms with Crippen LogP contribution in [0.25, 0.3) is 0 Å². The number of hydrogen-bond acceptors (Lipinski definition) is 9. The van der Waals surface area contributed by atoms with E-state index in [-0.39, 0.29) is 19.1 Å². The highest BCUT2D eigenvalue weighted by molar-refractivity contribution is 5.83. The SMILES string of the molecule is CC1=CC(=O)OC[C@]23C[C@@H](O)C(C)=C[C@H]2O[C@@H]2C[C@@H](OC(=O)C=CC=C[C@H]([C@H](C)O)OCC1)[C@@]3(C)[C@]21CO1. The van der Waals surface area contributed by atoms with Gasteiger partial charge in [-0.25, -0.2) is 9.59 Å². The molecule has 0 aromatic heterocycles. The summed E-state index contributed by atoms with van der Waals surface area (Å²) in [4.78, 5) is 25.9. The van der Waals surface area contributed by atoms with E-state index in [1.807, 2.05) is 26.8 Å². The Kier molecular flexibility index (Phi) is 7.19. The Morgan fingerprint density at radius 1 is 1.11 bits per heavy atom. The highest BCUT2D eigenvalue weighted by atomic mass is 16.6. The van der Waals surface area contributed by atoms with Gasteiger partial charge in [-0.05, 0) is 39.2 Å². The number of esters is 2. The summed E-state index contributed by atoms with van der Waals surface area (Å²) < 4.78 is 30.3. The predicted octanol–water partition coefficient (Wildman–Crippen LogP) is 2.31. The zero-order chi connectivity index (χ0) is 27.3. The van der Waals surface area contributed by atoms with Crippen LogP contribution in [0.5, 0.6) is 0 Å². The third-order valence-electron chi connectivity index (χ3n) is 9.33. The molecule has 0 unspecified atom stereocenters. The van der Waals surface area contributed by atoms with Crippen molar-refractivity contribution in [3.63, 3.8) is 0 Å². The van der Waals surface area contributed by atoms with Gasteiger partial charge in [0.05, 0.1) is 43.0 Å². The minimum absolute atomic E-state index is 0.0251. The van der Waals surface area contributed by atoms with E-state index in [2.05, 4.69) is 0 Å². The van der Waals surface area contributed by atoms with Crippen LogP contribution >= 0.6 is 0 Å². The number of aliphatic hydroxyl groups excluding tert-OH is 2. The number of rotatable bonds is 1. The van der Waals surface area contributed by atoms with Crippen molar-refractivity contribution >= 4 is 11.9 Å². The second-order valence-electron chi connectivity index (χ2n) is 11.5. The second-order valence-corrected chi connectivity index (χ2v) is 11.5. The standard InChI is InChI=1S/C29H38O9/c1-17-9-10-34-21(19(3)30)7-5-6-8-25(32)38-22-13-24-29(16-36-29)27(22,4)28(15-35-26(33)11-17)14-20(31)18(2)12-23(28)37-24/h5-8,11-12,19-24,30-31H,9-10,13-16H2,1-4H3/t19-,20+,21+,22+,23+,24+,27+,28+,29-/m0/s1. The fourth-order valence-electron chi connectivity index (χ4n) is 6.85. The van der Waals surface area contributed by atoms with Crippen molar-refractivity contribution in [1.29, 1.82) is 0 Å². The molecule has 0 radical (unpaired) electrons. The molecule has 208 valence electrons. The van der Waals surface area contributed by atoms with Crippen molar-refractivity contribution in [2.75, 3.05) is 19.8 Å². The molecule has 5 rings (SSSR count). The molecule has 0 amide bonds. The maximum atomic E-state index is 12.9. The monoisotopic (exact) mass is 530 g/mol. The van der Waals surface area contributed by atoms with Crippen LogP contribution in [0.3, 0.4) is 0 Å². The molecular weight excluding hydrogens is 492 g/mol. The summed E-state index contributed by atoms with van der Waals surface area (Å²) >= 11 is 0. The third-order valence-corrected chi connectivity index (χ3v) is 9.33. The molecule has 2 saturated heterocycles. The number of allylic oxidation sites excluding steroid dienone is 2. The van der Waals surface area contributed by atoms with Gasteiger partial charge in [-0.3, -0.25) is 0 Å². The molecular formula is C29H38O9. The molecule has 9 atom stereocenters. The highest BCUT2D eigenvalue weighted by Gasteiger charge is 2.83. The topological polar surface area (TPSA) is 124 Å². The lowest BCUT2D eigenvalue weighted by Gasteiger charge is -2.58. The maximum absolute atomic E-state index is 12.9. The van der Waals surface area contributed by atoms with Crippen molar-refractivity contribution in [2.24, 2.45) is 10.8 Å². The first-order valence-electron chi connectivity index (χ1n) is 13.4. The minimum Gasteiger partial charge on any atom is -0.462 e. The van der Waals surface area contributed by atoms with Gasteiger partial charge in [0, 0.05) is 24.0 Å². The van der Waals surface area contributed by atoms with Crippen LogP contribution in [-0.2, 0) is 33.3 Å². The smallest absolute Gasteiger partial charge is 0.331 e. The largest absolute Gasteiger partial charge is 0.462 e. The lowest BCUT2D eigenvalue weighted by atomic mass is 9.51. The number of hydrogen-bond donors (Lipinski definition) is 2. The molecule has 2 aliphatic carbocycles. The number of epoxide rings is 1. The third kappa shape index (κ3) is 4.38. The molecule has 3 heterocycles. The number of carbonyl (C=O) groups is 2. The summed E-state index contributed by atoms with van der Waals surface area (Å²) in [5.41, 5.74) is -0.755. The fraction of sp³-hybridized carbons (Fsp3) is 0.655. The van der Waals surface area contributed by atoms with E-state index in [0.717, 1.165) is 11.1 Å². The summed E-state index contributed by atoms with van der Waals surface area (Å²) in [6.45, 7) is 8.05. The zero-order valence-electron chi connectivity index (χ0n) is 22.4. The van der Waals surface area contributed by atoms with E-state index in [0.29, 0.717) is 26.1 Å². The van der Waals surface area contributed by atoms with E-state index >= 15 is 0 Å². The first-order chi connectivity index (χ1) is 18.0. The van der Waals surface area contributed by atoms with Crippen molar-refractivity contribution in [3.05, 3.63) is 47.6 Å². The second kappa shape index (κ2) is 10.0. The van der Waals surface area contributed by atoms with Gasteiger partial charge in [0.25, 0.3) is 0 Å². The van der Waals surface area contributed by atoms with Crippen LogP contribution in [0.4, 0.5) is 0 Å². The molecule has 2 spiro atoms. The van der Waals surface area contributed by atoms with Crippen LogP contribution in [0.2, 0.25) is 0 Å². The van der Waals surface area contributed by atoms with Gasteiger partial charge in [-0.15, -0.1) is 0 Å². The summed E-state index contributed by atoms with van der Waals surface area (Å²) in [6, 6.07) is 0. The maximum Gasteiger partial charge on any atom is 0.331 e. The molecule has 9 heteroatoms. The van der Waals surface area contributed by atoms with E-state index in [1.165, 1.54) is 12.2 Å². The lowest BCUT2D eigenvalue weighted by molar-refractivity contribution is -0.238. The molecule has 38 heavy (non-hydrogen) atoms. The summed E-state index contributed by atoms with van der Waals surface area (Å²) in [6.07, 6.45) is 7.39. The van der Waals surface area contributed by atoms with Gasteiger partial charge in [-0.2, -0.15) is 0 Å². The van der Waals surface area contributed by atoms with Crippen LogP contribution in [-0.4, -0.2) is 84.2 Å². The van der Waals surface area contributed by atoms with Crippen molar-refractivity contribution in [2.45, 2.75) is 89.2 Å². The van der Waals surface area contributed by atoms with Crippen LogP contribution in [0, 0.1) is 10.8 Å². The number of ether oxygens (including phenoxy) is 5. The van der Waals surface area contributed by atoms with E-state index in [9.17, 15) is 19.8 Å². The predicted molar refractivity (Wildman–Crippen MR) is 136 cm³/mol. The molecule has 5 aliphatic rings. The van der Waals surface area contributed by atoms with E-state index in [1.54, 1.807) is 25.2 Å². The molecule has 3 fully saturated rings. The quantitative estimate of drug-likeness (QED) is 0.299. The number of aliphatic hydroxyl groups is 2. The Balaban J connectivity index is 1.53. The van der Waals surface area contributed by atoms with E-state index in [4.69, 9.17) is 23.7 Å². The van der Waals surface area contributed by atoms with Crippen molar-refractivity contribution in [3.8, 4) is 0 Å². The Hall–Kier alpha value is -2.30. The Morgan fingerprint density at radius 2 is 1.87 bits per heavy atom. The van der Waals surface area contributed by atoms with E-state index < -0.39 is 58.9 Å². The van der Waals surface area contributed by atoms with Crippen molar-refractivity contribution < 1.29 is 43.5 Å². The highest BCUT2D eigenvalue weighted by Crippen LogP contribution is 2.72. The summed E-state index contributed by atoms with van der Waals surface area (Å²) in [5.74, 6) is -1.03. The molecule has 3 aliphatic heterocycles. The minimum atomic E-state index is -0.875. The van der Waals surface area contributed by atoms with Crippen LogP contribution in [0.1, 0.15) is 47.0 Å². The van der Waals surface area contributed by atoms with Gasteiger partial charge in [0.1, 0.15) is 24.4 Å². The Labute approximate surface area is 223 Å². The number of cyclic esters (lactones) is 1. The Bertz CT molecular complexity index is 1080. The number of carbonyl (C=O) groups excluding carboxylic acids is 2. The van der Waals surface area contributed by atoms with Crippen LogP contribution < -0.4 is 0 Å². The summed E-state index contributed by atoms with van der Waals surface area (Å²) in [7, 11) is 0. The first-order valence-corrected chi connectivity index (χ1v) is 13.4. The zero-order valence-corrected chi connectivity index (χ0v) is 22.4. The molecule has 0 aromatic rings. The van der Waals surface area contributed by atoms with Gasteiger partial charge in [-0.1, -0.05) is 36.8 Å². The fourth-order valence-corrected chi connectivity index (χ4v) is 6.85. The molecule has 2 N–H and O–H groups in total.